The van der Waals surface area contributed by atoms with Gasteiger partial charge in [-0.05, 0) is 99.1 Å². The molecule has 2 N–H and O–H groups in total. The van der Waals surface area contributed by atoms with Gasteiger partial charge in [0, 0.05) is 11.3 Å². The molecule has 4 nitrogen and oxygen atoms in total. The number of hydrogen-bond donors (Lipinski definition) is 2. The van der Waals surface area contributed by atoms with Crippen molar-refractivity contribution in [1.29, 1.82) is 0 Å². The lowest BCUT2D eigenvalue weighted by Gasteiger charge is -2.33. The zero-order chi connectivity index (χ0) is 24.9. The predicted molar refractivity (Wildman–Crippen MR) is 137 cm³/mol. The summed E-state index contributed by atoms with van der Waals surface area (Å²) in [6, 6.07) is 10.9. The number of carbonyl (C=O) groups excluding carboxylic acids is 1. The molecule has 0 atom stereocenters. The summed E-state index contributed by atoms with van der Waals surface area (Å²) in [4.78, 5) is 12.7. The van der Waals surface area contributed by atoms with Crippen LogP contribution in [0, 0.1) is 5.41 Å². The zero-order valence-electron chi connectivity index (χ0n) is 20.7. The molecule has 0 heterocycles. The fraction of sp³-hybridized carbons (Fsp3) is 0.345. The maximum atomic E-state index is 15.5. The van der Waals surface area contributed by atoms with Crippen LogP contribution in [-0.4, -0.2) is 17.6 Å². The number of ether oxygens (including phenoxy) is 1. The molecule has 1 aliphatic carbocycles. The van der Waals surface area contributed by atoms with E-state index in [-0.39, 0.29) is 22.9 Å². The van der Waals surface area contributed by atoms with Crippen molar-refractivity contribution >= 4 is 17.4 Å². The summed E-state index contributed by atoms with van der Waals surface area (Å²) < 4.78 is 21.2. The topological polar surface area (TPSA) is 58.6 Å². The van der Waals surface area contributed by atoms with Crippen LogP contribution in [0.3, 0.4) is 0 Å². The second-order valence-electron chi connectivity index (χ2n) is 9.41. The number of halogens is 1. The van der Waals surface area contributed by atoms with Gasteiger partial charge < -0.3 is 15.2 Å². The van der Waals surface area contributed by atoms with E-state index in [0.29, 0.717) is 34.7 Å². The van der Waals surface area contributed by atoms with Gasteiger partial charge in [0.15, 0.2) is 0 Å². The number of hydrogen-bond acceptors (Lipinski definition) is 3. The van der Waals surface area contributed by atoms with Crippen LogP contribution in [0.2, 0.25) is 0 Å². The molecule has 0 aromatic heterocycles. The first kappa shape index (κ1) is 25.3. The summed E-state index contributed by atoms with van der Waals surface area (Å²) >= 11 is 0. The number of rotatable bonds is 7. The average molecular weight is 464 g/mol. The van der Waals surface area contributed by atoms with E-state index in [4.69, 9.17) is 4.74 Å². The van der Waals surface area contributed by atoms with Gasteiger partial charge in [-0.2, -0.15) is 0 Å². The smallest absolute Gasteiger partial charge is 0.255 e. The van der Waals surface area contributed by atoms with Crippen molar-refractivity contribution in [1.82, 2.24) is 0 Å². The minimum absolute atomic E-state index is 0.0819. The zero-order valence-corrected chi connectivity index (χ0v) is 20.7. The second-order valence-corrected chi connectivity index (χ2v) is 9.41. The highest BCUT2D eigenvalue weighted by Crippen LogP contribution is 2.41. The molecule has 0 saturated carbocycles. The van der Waals surface area contributed by atoms with Crippen LogP contribution in [-0.2, 0) is 0 Å². The Kier molecular flexibility index (Phi) is 7.98. The van der Waals surface area contributed by atoms with E-state index < -0.39 is 0 Å². The van der Waals surface area contributed by atoms with E-state index in [9.17, 15) is 9.90 Å². The van der Waals surface area contributed by atoms with Crippen LogP contribution >= 0.6 is 0 Å². The first-order valence-electron chi connectivity index (χ1n) is 11.7. The lowest BCUT2D eigenvalue weighted by Crippen LogP contribution is -2.19. The standard InChI is InChI=1S/C29H34FNO3/c1-6-34-26-18-21(28(33)31-22-11-13-23(32)14-12-22)10-15-24(26)27(30)20(3)9-16-25-19(2)8-7-17-29(25,4)5/h9-16,18,32H,6-8,17H2,1-5H3,(H,31,33)/b16-9+,27-20-. The Balaban J connectivity index is 1.88. The molecule has 1 aliphatic rings. The lowest BCUT2D eigenvalue weighted by molar-refractivity contribution is 0.102. The van der Waals surface area contributed by atoms with E-state index in [1.54, 1.807) is 37.3 Å². The molecule has 0 fully saturated rings. The number of benzene rings is 2. The van der Waals surface area contributed by atoms with E-state index >= 15 is 4.39 Å². The fourth-order valence-electron chi connectivity index (χ4n) is 4.37. The fourth-order valence-corrected chi connectivity index (χ4v) is 4.37. The minimum Gasteiger partial charge on any atom is -0.508 e. The highest BCUT2D eigenvalue weighted by Gasteiger charge is 2.26. The van der Waals surface area contributed by atoms with Crippen molar-refractivity contribution < 1.29 is 19.0 Å². The van der Waals surface area contributed by atoms with Gasteiger partial charge in [0.25, 0.3) is 5.91 Å². The average Bonchev–Trinajstić information content (AvgIpc) is 2.79. The molecule has 2 aromatic carbocycles. The number of nitrogens with one attached hydrogen (secondary N) is 1. The van der Waals surface area contributed by atoms with Crippen LogP contribution in [0.4, 0.5) is 10.1 Å². The Hall–Kier alpha value is -3.34. The van der Waals surface area contributed by atoms with Crippen LogP contribution in [0.25, 0.3) is 5.83 Å². The Bertz CT molecular complexity index is 1140. The summed E-state index contributed by atoms with van der Waals surface area (Å²) in [5.41, 5.74) is 4.44. The highest BCUT2D eigenvalue weighted by molar-refractivity contribution is 6.04. The number of allylic oxidation sites excluding steroid dienone is 5. The molecule has 0 aliphatic heterocycles. The number of carbonyl (C=O) groups is 1. The third kappa shape index (κ3) is 5.96. The van der Waals surface area contributed by atoms with Crippen LogP contribution < -0.4 is 10.1 Å². The summed E-state index contributed by atoms with van der Waals surface area (Å²) in [5.74, 6) is -0.288. The van der Waals surface area contributed by atoms with Crippen molar-refractivity contribution in [2.24, 2.45) is 5.41 Å². The summed E-state index contributed by atoms with van der Waals surface area (Å²) in [5, 5.41) is 12.2. The number of phenolic OH excluding ortho intramolecular Hbond substituents is 1. The van der Waals surface area contributed by atoms with E-state index in [0.717, 1.165) is 12.8 Å². The normalized spacial score (nSPS) is 16.4. The van der Waals surface area contributed by atoms with Crippen molar-refractivity contribution in [2.75, 3.05) is 11.9 Å². The van der Waals surface area contributed by atoms with Crippen molar-refractivity contribution in [3.05, 3.63) is 82.5 Å². The molecule has 0 radical (unpaired) electrons. The van der Waals surface area contributed by atoms with Gasteiger partial charge in [-0.15, -0.1) is 0 Å². The summed E-state index contributed by atoms with van der Waals surface area (Å²) in [6.07, 6.45) is 7.27. The maximum absolute atomic E-state index is 15.5. The number of anilines is 1. The van der Waals surface area contributed by atoms with Crippen molar-refractivity contribution in [3.8, 4) is 11.5 Å². The number of phenols is 1. The Morgan fingerprint density at radius 2 is 1.91 bits per heavy atom. The van der Waals surface area contributed by atoms with Gasteiger partial charge in [-0.1, -0.05) is 31.6 Å². The molecule has 0 unspecified atom stereocenters. The molecule has 0 bridgehead atoms. The third-order valence-electron chi connectivity index (χ3n) is 6.29. The van der Waals surface area contributed by atoms with E-state index in [1.165, 1.54) is 29.7 Å². The Labute approximate surface area is 201 Å². The summed E-state index contributed by atoms with van der Waals surface area (Å²) in [7, 11) is 0. The molecule has 3 rings (SSSR count). The summed E-state index contributed by atoms with van der Waals surface area (Å²) in [6.45, 7) is 10.5. The monoisotopic (exact) mass is 463 g/mol. The molecular formula is C29H34FNO3. The lowest BCUT2D eigenvalue weighted by atomic mass is 9.72. The first-order valence-corrected chi connectivity index (χ1v) is 11.7. The Morgan fingerprint density at radius 3 is 2.56 bits per heavy atom. The van der Waals surface area contributed by atoms with E-state index in [1.807, 2.05) is 19.1 Å². The molecule has 1 amide bonds. The van der Waals surface area contributed by atoms with Crippen molar-refractivity contribution in [3.63, 3.8) is 0 Å². The minimum atomic E-state index is -0.378. The van der Waals surface area contributed by atoms with Gasteiger partial charge >= 0.3 is 0 Å². The van der Waals surface area contributed by atoms with Crippen LogP contribution in [0.15, 0.2) is 71.3 Å². The largest absolute Gasteiger partial charge is 0.508 e. The molecule has 2 aromatic rings. The Morgan fingerprint density at radius 1 is 1.21 bits per heavy atom. The van der Waals surface area contributed by atoms with Crippen molar-refractivity contribution in [2.45, 2.75) is 53.9 Å². The van der Waals surface area contributed by atoms with Gasteiger partial charge in [-0.3, -0.25) is 4.79 Å². The molecule has 5 heteroatoms. The molecular weight excluding hydrogens is 429 g/mol. The SMILES string of the molecule is CCOc1cc(C(=O)Nc2ccc(O)cc2)ccc1/C(F)=C(C)/C=C/C1=C(C)CCCC1(C)C. The molecule has 0 spiro atoms. The predicted octanol–water partition coefficient (Wildman–Crippen LogP) is 7.83. The number of aromatic hydroxyl groups is 1. The van der Waals surface area contributed by atoms with Gasteiger partial charge in [-0.25, -0.2) is 4.39 Å². The molecule has 0 saturated heterocycles. The van der Waals surface area contributed by atoms with Gasteiger partial charge in [0.2, 0.25) is 0 Å². The molecule has 180 valence electrons. The quantitative estimate of drug-likeness (QED) is 0.325. The maximum Gasteiger partial charge on any atom is 0.255 e. The van der Waals surface area contributed by atoms with Gasteiger partial charge in [0.05, 0.1) is 12.2 Å². The number of amides is 1. The van der Waals surface area contributed by atoms with Gasteiger partial charge in [0.1, 0.15) is 17.3 Å². The third-order valence-corrected chi connectivity index (χ3v) is 6.29. The second kappa shape index (κ2) is 10.7. The van der Waals surface area contributed by atoms with Crippen LogP contribution in [0.5, 0.6) is 11.5 Å². The molecule has 34 heavy (non-hydrogen) atoms. The van der Waals surface area contributed by atoms with Crippen LogP contribution in [0.1, 0.15) is 69.8 Å². The first-order chi connectivity index (χ1) is 16.1. The van der Waals surface area contributed by atoms with E-state index in [2.05, 4.69) is 26.1 Å². The highest BCUT2D eigenvalue weighted by atomic mass is 19.1.